The van der Waals surface area contributed by atoms with E-state index < -0.39 is 0 Å². The maximum absolute atomic E-state index is 8.89. The first-order valence-electron chi connectivity index (χ1n) is 5.04. The van der Waals surface area contributed by atoms with E-state index in [0.717, 1.165) is 5.56 Å². The van der Waals surface area contributed by atoms with E-state index in [0.29, 0.717) is 22.3 Å². The standard InChI is InChI=1S/C12H12ClNO/c1-15-12-9(7-14)5-6-10(11(12)13)8-3-2-4-8/h5-6,8H,2-4H2,1H3. The molecule has 0 spiro atoms. The van der Waals surface area contributed by atoms with Gasteiger partial charge in [-0.15, -0.1) is 0 Å². The van der Waals surface area contributed by atoms with E-state index >= 15 is 0 Å². The van der Waals surface area contributed by atoms with Crippen LogP contribution < -0.4 is 4.74 Å². The smallest absolute Gasteiger partial charge is 0.155 e. The lowest BCUT2D eigenvalue weighted by Gasteiger charge is -2.27. The lowest BCUT2D eigenvalue weighted by molar-refractivity contribution is 0.402. The molecule has 0 amide bonds. The van der Waals surface area contributed by atoms with Crippen molar-refractivity contribution in [1.82, 2.24) is 0 Å². The third kappa shape index (κ3) is 1.68. The number of nitriles is 1. The molecule has 0 N–H and O–H groups in total. The Morgan fingerprint density at radius 3 is 2.67 bits per heavy atom. The first kappa shape index (κ1) is 10.3. The number of rotatable bonds is 2. The number of benzene rings is 1. The first-order chi connectivity index (χ1) is 7.27. The average Bonchev–Trinajstić information content (AvgIpc) is 2.18. The van der Waals surface area contributed by atoms with Crippen LogP contribution in [0.2, 0.25) is 5.02 Å². The van der Waals surface area contributed by atoms with Crippen molar-refractivity contribution in [3.05, 3.63) is 28.3 Å². The molecule has 1 saturated carbocycles. The van der Waals surface area contributed by atoms with Crippen LogP contribution in [0.5, 0.6) is 5.75 Å². The fraction of sp³-hybridized carbons (Fsp3) is 0.417. The van der Waals surface area contributed by atoms with Crippen molar-refractivity contribution in [3.63, 3.8) is 0 Å². The summed E-state index contributed by atoms with van der Waals surface area (Å²) >= 11 is 6.22. The van der Waals surface area contributed by atoms with Crippen LogP contribution >= 0.6 is 11.6 Å². The highest BCUT2D eigenvalue weighted by molar-refractivity contribution is 6.33. The number of methoxy groups -OCH3 is 1. The van der Waals surface area contributed by atoms with Crippen LogP contribution in [0.1, 0.15) is 36.3 Å². The molecule has 15 heavy (non-hydrogen) atoms. The Morgan fingerprint density at radius 1 is 1.47 bits per heavy atom. The minimum absolute atomic E-state index is 0.505. The summed E-state index contributed by atoms with van der Waals surface area (Å²) in [5, 5.41) is 9.50. The number of ether oxygens (including phenoxy) is 1. The Balaban J connectivity index is 2.46. The molecule has 2 rings (SSSR count). The average molecular weight is 222 g/mol. The van der Waals surface area contributed by atoms with Crippen LogP contribution in [-0.2, 0) is 0 Å². The van der Waals surface area contributed by atoms with Gasteiger partial charge in [-0.25, -0.2) is 0 Å². The monoisotopic (exact) mass is 221 g/mol. The Kier molecular flexibility index (Phi) is 2.83. The molecule has 0 saturated heterocycles. The first-order valence-corrected chi connectivity index (χ1v) is 5.42. The maximum atomic E-state index is 8.89. The number of hydrogen-bond donors (Lipinski definition) is 0. The van der Waals surface area contributed by atoms with Crippen LogP contribution in [0.15, 0.2) is 12.1 Å². The van der Waals surface area contributed by atoms with E-state index in [1.54, 1.807) is 13.2 Å². The summed E-state index contributed by atoms with van der Waals surface area (Å²) in [6, 6.07) is 5.82. The molecule has 3 heteroatoms. The van der Waals surface area contributed by atoms with Gasteiger partial charge >= 0.3 is 0 Å². The highest BCUT2D eigenvalue weighted by Crippen LogP contribution is 2.43. The Hall–Kier alpha value is -1.20. The van der Waals surface area contributed by atoms with E-state index in [-0.39, 0.29) is 0 Å². The molecule has 1 aromatic carbocycles. The summed E-state index contributed by atoms with van der Waals surface area (Å²) in [5.41, 5.74) is 1.63. The van der Waals surface area contributed by atoms with E-state index in [2.05, 4.69) is 6.07 Å². The summed E-state index contributed by atoms with van der Waals surface area (Å²) in [5.74, 6) is 1.07. The third-order valence-corrected chi connectivity index (χ3v) is 3.39. The highest BCUT2D eigenvalue weighted by atomic mass is 35.5. The van der Waals surface area contributed by atoms with Gasteiger partial charge in [0.05, 0.1) is 17.7 Å². The van der Waals surface area contributed by atoms with Crippen LogP contribution in [0.25, 0.3) is 0 Å². The Morgan fingerprint density at radius 2 is 2.20 bits per heavy atom. The molecule has 0 aromatic heterocycles. The summed E-state index contributed by atoms with van der Waals surface area (Å²) in [7, 11) is 1.55. The molecule has 1 aromatic rings. The van der Waals surface area contributed by atoms with Crippen LogP contribution in [0, 0.1) is 11.3 Å². The predicted molar refractivity (Wildman–Crippen MR) is 59.3 cm³/mol. The zero-order chi connectivity index (χ0) is 10.8. The van der Waals surface area contributed by atoms with Gasteiger partial charge in [0, 0.05) is 0 Å². The molecule has 2 nitrogen and oxygen atoms in total. The van der Waals surface area contributed by atoms with E-state index in [1.165, 1.54) is 19.3 Å². The second kappa shape index (κ2) is 4.12. The van der Waals surface area contributed by atoms with Gasteiger partial charge < -0.3 is 4.74 Å². The van der Waals surface area contributed by atoms with Crippen molar-refractivity contribution < 1.29 is 4.74 Å². The highest BCUT2D eigenvalue weighted by Gasteiger charge is 2.24. The van der Waals surface area contributed by atoms with E-state index in [4.69, 9.17) is 21.6 Å². The number of hydrogen-bond acceptors (Lipinski definition) is 2. The van der Waals surface area contributed by atoms with Crippen molar-refractivity contribution in [2.24, 2.45) is 0 Å². The Bertz CT molecular complexity index is 418. The van der Waals surface area contributed by atoms with Crippen molar-refractivity contribution in [1.29, 1.82) is 5.26 Å². The summed E-state index contributed by atoms with van der Waals surface area (Å²) < 4.78 is 5.17. The lowest BCUT2D eigenvalue weighted by Crippen LogP contribution is -2.09. The van der Waals surface area contributed by atoms with Gasteiger partial charge in [-0.3, -0.25) is 0 Å². The van der Waals surface area contributed by atoms with Crippen LogP contribution in [0.4, 0.5) is 0 Å². The van der Waals surface area contributed by atoms with E-state index in [9.17, 15) is 0 Å². The van der Waals surface area contributed by atoms with Gasteiger partial charge in [-0.2, -0.15) is 5.26 Å². The van der Waals surface area contributed by atoms with Crippen LogP contribution in [0.3, 0.4) is 0 Å². The van der Waals surface area contributed by atoms with Gasteiger partial charge in [-0.05, 0) is 30.4 Å². The summed E-state index contributed by atoms with van der Waals surface area (Å²) in [6.07, 6.45) is 3.65. The molecule has 0 radical (unpaired) electrons. The normalized spacial score (nSPS) is 15.5. The SMILES string of the molecule is COc1c(C#N)ccc(C2CCC2)c1Cl. The molecule has 0 aliphatic heterocycles. The predicted octanol–water partition coefficient (Wildman–Crippen LogP) is 3.49. The van der Waals surface area contributed by atoms with Crippen molar-refractivity contribution in [2.75, 3.05) is 7.11 Å². The zero-order valence-electron chi connectivity index (χ0n) is 8.59. The van der Waals surface area contributed by atoms with E-state index in [1.807, 2.05) is 6.07 Å². The Labute approximate surface area is 94.4 Å². The molecule has 1 fully saturated rings. The second-order valence-corrected chi connectivity index (χ2v) is 4.17. The van der Waals surface area contributed by atoms with Gasteiger partial charge in [0.2, 0.25) is 0 Å². The number of halogens is 1. The largest absolute Gasteiger partial charge is 0.494 e. The lowest BCUT2D eigenvalue weighted by atomic mass is 9.80. The molecule has 0 heterocycles. The molecule has 1 aliphatic carbocycles. The fourth-order valence-corrected chi connectivity index (χ4v) is 2.29. The molecule has 0 bridgehead atoms. The summed E-state index contributed by atoms with van der Waals surface area (Å²) in [4.78, 5) is 0. The van der Waals surface area contributed by atoms with Crippen molar-refractivity contribution >= 4 is 11.6 Å². The van der Waals surface area contributed by atoms with Crippen molar-refractivity contribution in [3.8, 4) is 11.8 Å². The fourth-order valence-electron chi connectivity index (χ4n) is 1.89. The minimum atomic E-state index is 0.505. The van der Waals surface area contributed by atoms with Crippen LogP contribution in [-0.4, -0.2) is 7.11 Å². The molecule has 78 valence electrons. The van der Waals surface area contributed by atoms with Gasteiger partial charge in [-0.1, -0.05) is 24.1 Å². The maximum Gasteiger partial charge on any atom is 0.155 e. The number of nitrogens with zero attached hydrogens (tertiary/aromatic N) is 1. The topological polar surface area (TPSA) is 33.0 Å². The van der Waals surface area contributed by atoms with Crippen molar-refractivity contribution in [2.45, 2.75) is 25.2 Å². The molecular formula is C12H12ClNO. The molecule has 0 atom stereocenters. The third-order valence-electron chi connectivity index (χ3n) is 3.00. The quantitative estimate of drug-likeness (QED) is 0.766. The minimum Gasteiger partial charge on any atom is -0.494 e. The van der Waals surface area contributed by atoms with Gasteiger partial charge in [0.25, 0.3) is 0 Å². The molecular weight excluding hydrogens is 210 g/mol. The second-order valence-electron chi connectivity index (χ2n) is 3.79. The zero-order valence-corrected chi connectivity index (χ0v) is 9.34. The molecule has 0 unspecified atom stereocenters. The molecule has 1 aliphatic rings. The van der Waals surface area contributed by atoms with Gasteiger partial charge in [0.15, 0.2) is 5.75 Å². The summed E-state index contributed by atoms with van der Waals surface area (Å²) in [6.45, 7) is 0. The van der Waals surface area contributed by atoms with Gasteiger partial charge in [0.1, 0.15) is 6.07 Å².